The van der Waals surface area contributed by atoms with E-state index < -0.39 is 0 Å². The molecule has 0 spiro atoms. The molecule has 3 rings (SSSR count). The van der Waals surface area contributed by atoms with Crippen molar-refractivity contribution in [3.8, 4) is 17.2 Å². The van der Waals surface area contributed by atoms with Gasteiger partial charge in [0.1, 0.15) is 17.2 Å². The van der Waals surface area contributed by atoms with Crippen molar-refractivity contribution in [2.75, 3.05) is 27.9 Å². The molecule has 0 saturated heterocycles. The van der Waals surface area contributed by atoms with Crippen LogP contribution in [-0.2, 0) is 13.1 Å². The zero-order valence-corrected chi connectivity index (χ0v) is 19.3. The summed E-state index contributed by atoms with van der Waals surface area (Å²) in [7, 11) is 4.84. The Kier molecular flexibility index (Phi) is 8.20. The van der Waals surface area contributed by atoms with Crippen molar-refractivity contribution in [1.29, 1.82) is 0 Å². The summed E-state index contributed by atoms with van der Waals surface area (Å²) in [5.74, 6) is 1.96. The third kappa shape index (κ3) is 5.63. The van der Waals surface area contributed by atoms with Gasteiger partial charge in [-0.05, 0) is 48.4 Å². The minimum Gasteiger partial charge on any atom is -0.497 e. The van der Waals surface area contributed by atoms with Crippen molar-refractivity contribution in [2.24, 2.45) is 0 Å². The van der Waals surface area contributed by atoms with Gasteiger partial charge in [0, 0.05) is 31.0 Å². The molecule has 0 fully saturated rings. The number of amides is 1. The SMILES string of the molecule is CCCCN(Cc1cccn1Cc1cccc(OC)c1)C(=O)c1ccc(OC)cc1OC. The maximum absolute atomic E-state index is 13.5. The molecule has 0 bridgehead atoms. The van der Waals surface area contributed by atoms with E-state index in [0.29, 0.717) is 36.7 Å². The molecule has 0 radical (unpaired) electrons. The normalized spacial score (nSPS) is 10.6. The smallest absolute Gasteiger partial charge is 0.257 e. The molecule has 0 aliphatic heterocycles. The van der Waals surface area contributed by atoms with Crippen LogP contribution in [0.4, 0.5) is 0 Å². The van der Waals surface area contributed by atoms with Gasteiger partial charge in [-0.2, -0.15) is 0 Å². The van der Waals surface area contributed by atoms with Crippen LogP contribution in [-0.4, -0.2) is 43.2 Å². The maximum Gasteiger partial charge on any atom is 0.257 e. The highest BCUT2D eigenvalue weighted by molar-refractivity contribution is 5.97. The largest absolute Gasteiger partial charge is 0.497 e. The Morgan fingerprint density at radius 1 is 0.938 bits per heavy atom. The summed E-state index contributed by atoms with van der Waals surface area (Å²) >= 11 is 0. The first-order chi connectivity index (χ1) is 15.6. The second-order valence-electron chi connectivity index (χ2n) is 7.63. The fourth-order valence-electron chi connectivity index (χ4n) is 3.66. The van der Waals surface area contributed by atoms with Crippen LogP contribution in [0.25, 0.3) is 0 Å². The van der Waals surface area contributed by atoms with Crippen LogP contribution in [0.5, 0.6) is 17.2 Å². The van der Waals surface area contributed by atoms with E-state index in [9.17, 15) is 4.79 Å². The van der Waals surface area contributed by atoms with Crippen molar-refractivity contribution in [3.63, 3.8) is 0 Å². The Hall–Kier alpha value is -3.41. The highest BCUT2D eigenvalue weighted by atomic mass is 16.5. The molecule has 1 amide bonds. The minimum absolute atomic E-state index is 0.0490. The number of methoxy groups -OCH3 is 3. The molecular weight excluding hydrogens is 404 g/mol. The highest BCUT2D eigenvalue weighted by Gasteiger charge is 2.21. The van der Waals surface area contributed by atoms with Gasteiger partial charge in [-0.3, -0.25) is 4.79 Å². The Morgan fingerprint density at radius 2 is 1.72 bits per heavy atom. The highest BCUT2D eigenvalue weighted by Crippen LogP contribution is 2.26. The second kappa shape index (κ2) is 11.3. The number of rotatable bonds is 11. The Balaban J connectivity index is 1.84. The number of hydrogen-bond acceptors (Lipinski definition) is 4. The number of nitrogens with zero attached hydrogens (tertiary/aromatic N) is 2. The lowest BCUT2D eigenvalue weighted by atomic mass is 10.1. The van der Waals surface area contributed by atoms with Crippen molar-refractivity contribution in [3.05, 3.63) is 77.6 Å². The first kappa shape index (κ1) is 23.3. The number of carbonyl (C=O) groups excluding carboxylic acids is 1. The van der Waals surface area contributed by atoms with Crippen molar-refractivity contribution in [2.45, 2.75) is 32.9 Å². The molecule has 0 aliphatic carbocycles. The molecule has 0 atom stereocenters. The van der Waals surface area contributed by atoms with Gasteiger partial charge in [0.15, 0.2) is 0 Å². The van der Waals surface area contributed by atoms with Gasteiger partial charge in [0.05, 0.1) is 33.4 Å². The van der Waals surface area contributed by atoms with Crippen LogP contribution in [0.1, 0.15) is 41.4 Å². The number of unbranched alkanes of at least 4 members (excludes halogenated alkanes) is 1. The summed E-state index contributed by atoms with van der Waals surface area (Å²) in [6.07, 6.45) is 3.99. The van der Waals surface area contributed by atoms with Gasteiger partial charge in [-0.1, -0.05) is 25.5 Å². The van der Waals surface area contributed by atoms with Gasteiger partial charge < -0.3 is 23.7 Å². The average Bonchev–Trinajstić information content (AvgIpc) is 3.27. The standard InChI is InChI=1S/C26H32N2O4/c1-5-6-14-28(26(29)24-13-12-23(31-3)17-25(24)32-4)19-21-10-8-15-27(21)18-20-9-7-11-22(16-20)30-2/h7-13,15-17H,5-6,14,18-19H2,1-4H3. The van der Waals surface area contributed by atoms with E-state index in [1.807, 2.05) is 35.4 Å². The van der Waals surface area contributed by atoms with Crippen LogP contribution in [0.2, 0.25) is 0 Å². The summed E-state index contributed by atoms with van der Waals surface area (Å²) < 4.78 is 18.3. The Bertz CT molecular complexity index is 1030. The predicted molar refractivity (Wildman–Crippen MR) is 126 cm³/mol. The van der Waals surface area contributed by atoms with Crippen LogP contribution in [0.3, 0.4) is 0 Å². The van der Waals surface area contributed by atoms with Gasteiger partial charge in [0.2, 0.25) is 0 Å². The van der Waals surface area contributed by atoms with Gasteiger partial charge in [-0.25, -0.2) is 0 Å². The van der Waals surface area contributed by atoms with E-state index in [4.69, 9.17) is 14.2 Å². The second-order valence-corrected chi connectivity index (χ2v) is 7.63. The number of hydrogen-bond donors (Lipinski definition) is 0. The quantitative estimate of drug-likeness (QED) is 0.424. The first-order valence-electron chi connectivity index (χ1n) is 10.9. The maximum atomic E-state index is 13.5. The van der Waals surface area contributed by atoms with Gasteiger partial charge in [-0.15, -0.1) is 0 Å². The molecule has 0 saturated carbocycles. The fourth-order valence-corrected chi connectivity index (χ4v) is 3.66. The van der Waals surface area contributed by atoms with E-state index >= 15 is 0 Å². The van der Waals surface area contributed by atoms with E-state index in [2.05, 4.69) is 23.6 Å². The summed E-state index contributed by atoms with van der Waals surface area (Å²) in [5, 5.41) is 0. The molecule has 3 aromatic rings. The molecular formula is C26H32N2O4. The molecule has 6 nitrogen and oxygen atoms in total. The number of aromatic nitrogens is 1. The molecule has 0 unspecified atom stereocenters. The van der Waals surface area contributed by atoms with Crippen molar-refractivity contribution >= 4 is 5.91 Å². The summed E-state index contributed by atoms with van der Waals surface area (Å²) in [6.45, 7) is 4.03. The molecule has 1 aromatic heterocycles. The molecule has 1 heterocycles. The zero-order valence-electron chi connectivity index (χ0n) is 19.3. The van der Waals surface area contributed by atoms with Crippen LogP contribution >= 0.6 is 0 Å². The van der Waals surface area contributed by atoms with E-state index in [0.717, 1.165) is 29.8 Å². The lowest BCUT2D eigenvalue weighted by Gasteiger charge is -2.24. The van der Waals surface area contributed by atoms with E-state index in [1.54, 1.807) is 39.5 Å². The van der Waals surface area contributed by atoms with E-state index in [-0.39, 0.29) is 5.91 Å². The summed E-state index contributed by atoms with van der Waals surface area (Å²) in [4.78, 5) is 15.4. The molecule has 32 heavy (non-hydrogen) atoms. The van der Waals surface area contributed by atoms with Gasteiger partial charge in [0.25, 0.3) is 5.91 Å². The van der Waals surface area contributed by atoms with Crippen LogP contribution < -0.4 is 14.2 Å². The molecule has 6 heteroatoms. The average molecular weight is 437 g/mol. The topological polar surface area (TPSA) is 52.9 Å². The summed E-state index contributed by atoms with van der Waals surface area (Å²) in [5.41, 5.74) is 2.75. The van der Waals surface area contributed by atoms with Crippen LogP contribution in [0, 0.1) is 0 Å². The van der Waals surface area contributed by atoms with Crippen LogP contribution in [0.15, 0.2) is 60.8 Å². The third-order valence-electron chi connectivity index (χ3n) is 5.47. The third-order valence-corrected chi connectivity index (χ3v) is 5.47. The van der Waals surface area contributed by atoms with Crippen molar-refractivity contribution in [1.82, 2.24) is 9.47 Å². The fraction of sp³-hybridized carbons (Fsp3) is 0.346. The van der Waals surface area contributed by atoms with Crippen molar-refractivity contribution < 1.29 is 19.0 Å². The molecule has 0 N–H and O–H groups in total. The minimum atomic E-state index is -0.0490. The molecule has 170 valence electrons. The first-order valence-corrected chi connectivity index (χ1v) is 10.9. The molecule has 2 aromatic carbocycles. The van der Waals surface area contributed by atoms with E-state index in [1.165, 1.54) is 0 Å². The number of benzene rings is 2. The monoisotopic (exact) mass is 436 g/mol. The number of carbonyl (C=O) groups is 1. The van der Waals surface area contributed by atoms with Gasteiger partial charge >= 0.3 is 0 Å². The lowest BCUT2D eigenvalue weighted by molar-refractivity contribution is 0.0733. The lowest BCUT2D eigenvalue weighted by Crippen LogP contribution is -2.32. The predicted octanol–water partition coefficient (Wildman–Crippen LogP) is 5.00. The molecule has 0 aliphatic rings. The Morgan fingerprint density at radius 3 is 2.44 bits per heavy atom. The number of ether oxygens (including phenoxy) is 3. The zero-order chi connectivity index (χ0) is 22.9. The summed E-state index contributed by atoms with van der Waals surface area (Å²) in [6, 6.07) is 17.4. The Labute approximate surface area is 190 Å².